The summed E-state index contributed by atoms with van der Waals surface area (Å²) in [4.78, 5) is 18.8. The average Bonchev–Trinajstić information content (AvgIpc) is 3.09. The van der Waals surface area contributed by atoms with E-state index in [4.69, 9.17) is 5.73 Å². The number of pyridine rings is 1. The van der Waals surface area contributed by atoms with E-state index in [0.717, 1.165) is 24.6 Å². The smallest absolute Gasteiger partial charge is 0.269 e. The molecule has 2 N–H and O–H groups in total. The second-order valence-electron chi connectivity index (χ2n) is 6.70. The van der Waals surface area contributed by atoms with Gasteiger partial charge >= 0.3 is 0 Å². The van der Waals surface area contributed by atoms with Crippen molar-refractivity contribution in [3.8, 4) is 0 Å². The molecule has 0 saturated carbocycles. The molecule has 2 aromatic heterocycles. The van der Waals surface area contributed by atoms with Gasteiger partial charge in [-0.15, -0.1) is 10.2 Å². The molecule has 0 fully saturated rings. The lowest BCUT2D eigenvalue weighted by atomic mass is 9.99. The first-order chi connectivity index (χ1) is 14.1. The van der Waals surface area contributed by atoms with Gasteiger partial charge in [-0.2, -0.15) is 0 Å². The Bertz CT molecular complexity index is 1390. The molecule has 3 heterocycles. The van der Waals surface area contributed by atoms with E-state index >= 15 is 4.39 Å². The summed E-state index contributed by atoms with van der Waals surface area (Å²) in [6.45, 7) is 0. The molecule has 1 atom stereocenters. The monoisotopic (exact) mass is 429 g/mol. The van der Waals surface area contributed by atoms with Crippen molar-refractivity contribution in [2.75, 3.05) is 6.26 Å². The highest BCUT2D eigenvalue weighted by atomic mass is 32.2. The predicted octanol–water partition coefficient (Wildman–Crippen LogP) is 1.96. The van der Waals surface area contributed by atoms with E-state index in [-0.39, 0.29) is 32.6 Å². The van der Waals surface area contributed by atoms with Crippen LogP contribution in [0.3, 0.4) is 0 Å². The number of carbonyl (C=O) groups excluding carboxylic acids is 1. The third-order valence-electron chi connectivity index (χ3n) is 4.50. The van der Waals surface area contributed by atoms with Crippen LogP contribution in [0.15, 0.2) is 52.6 Å². The summed E-state index contributed by atoms with van der Waals surface area (Å²) < 4.78 is 53.6. The van der Waals surface area contributed by atoms with E-state index in [1.165, 1.54) is 30.6 Å². The van der Waals surface area contributed by atoms with Crippen LogP contribution in [0, 0.1) is 5.82 Å². The zero-order valence-corrected chi connectivity index (χ0v) is 16.2. The number of alkyl halides is 1. The molecule has 8 nitrogen and oxygen atoms in total. The molecule has 1 aromatic carbocycles. The molecule has 0 spiro atoms. The molecule has 30 heavy (non-hydrogen) atoms. The molecular weight excluding hydrogens is 416 g/mol. The SMILES string of the molecule is CS(=O)(=O)c1cc(C2(F)C=C(c3cncc(F)c3)C=N2)c2nnc(C(N)=O)cc2c1. The van der Waals surface area contributed by atoms with Crippen molar-refractivity contribution in [3.63, 3.8) is 0 Å². The average molecular weight is 429 g/mol. The first kappa shape index (κ1) is 19.7. The summed E-state index contributed by atoms with van der Waals surface area (Å²) in [5.74, 6) is -3.97. The van der Waals surface area contributed by atoms with E-state index in [2.05, 4.69) is 20.2 Å². The van der Waals surface area contributed by atoms with Gasteiger partial charge in [0.2, 0.25) is 5.79 Å². The Balaban J connectivity index is 1.95. The number of fused-ring (bicyclic) bond motifs is 1. The molecule has 4 rings (SSSR count). The van der Waals surface area contributed by atoms with Crippen LogP contribution in [0.1, 0.15) is 21.6 Å². The number of primary amides is 1. The fourth-order valence-corrected chi connectivity index (χ4v) is 3.72. The van der Waals surface area contributed by atoms with Gasteiger partial charge in [-0.1, -0.05) is 0 Å². The summed E-state index contributed by atoms with van der Waals surface area (Å²) in [5.41, 5.74) is 5.36. The van der Waals surface area contributed by atoms with Crippen LogP contribution in [0.5, 0.6) is 0 Å². The number of benzene rings is 1. The normalized spacial score (nSPS) is 18.6. The van der Waals surface area contributed by atoms with E-state index in [1.807, 2.05) is 0 Å². The molecular formula is C19H13F2N5O3S. The highest BCUT2D eigenvalue weighted by molar-refractivity contribution is 7.90. The van der Waals surface area contributed by atoms with Gasteiger partial charge in [0, 0.05) is 40.8 Å². The standard InChI is InChI=1S/C19H13F2N5O3S/c1-30(28,29)14-3-10-4-16(18(22)27)25-26-17(10)15(5-14)19(21)6-12(8-24-19)11-2-13(20)9-23-7-11/h2-9H,1H3,(H2,22,27). The van der Waals surface area contributed by atoms with Gasteiger partial charge in [-0.3, -0.25) is 9.78 Å². The topological polar surface area (TPSA) is 128 Å². The molecule has 3 aromatic rings. The number of hydrogen-bond acceptors (Lipinski definition) is 7. The van der Waals surface area contributed by atoms with Crippen molar-refractivity contribution in [3.05, 3.63) is 65.4 Å². The summed E-state index contributed by atoms with van der Waals surface area (Å²) >= 11 is 0. The summed E-state index contributed by atoms with van der Waals surface area (Å²) in [6, 6.07) is 4.75. The van der Waals surface area contributed by atoms with Crippen LogP contribution in [0.2, 0.25) is 0 Å². The zero-order valence-electron chi connectivity index (χ0n) is 15.4. The minimum atomic E-state index is -3.74. The highest BCUT2D eigenvalue weighted by Gasteiger charge is 2.36. The minimum Gasteiger partial charge on any atom is -0.364 e. The Morgan fingerprint density at radius 3 is 2.57 bits per heavy atom. The molecule has 11 heteroatoms. The molecule has 0 aliphatic carbocycles. The Kier molecular flexibility index (Phi) is 4.42. The van der Waals surface area contributed by atoms with Gasteiger partial charge in [0.1, 0.15) is 11.3 Å². The molecule has 0 bridgehead atoms. The number of aromatic nitrogens is 3. The fourth-order valence-electron chi connectivity index (χ4n) is 3.05. The van der Waals surface area contributed by atoms with Crippen molar-refractivity contribution in [1.82, 2.24) is 15.2 Å². The number of rotatable bonds is 4. The number of hydrogen-bond donors (Lipinski definition) is 1. The lowest BCUT2D eigenvalue weighted by molar-refractivity contribution is 0.0995. The lowest BCUT2D eigenvalue weighted by Gasteiger charge is -2.17. The Morgan fingerprint density at radius 1 is 1.13 bits per heavy atom. The largest absolute Gasteiger partial charge is 0.364 e. The Hall–Kier alpha value is -3.60. The van der Waals surface area contributed by atoms with Gasteiger partial charge in [0.25, 0.3) is 5.91 Å². The van der Waals surface area contributed by atoms with Crippen molar-refractivity contribution in [1.29, 1.82) is 0 Å². The second kappa shape index (κ2) is 6.73. The van der Waals surface area contributed by atoms with Gasteiger partial charge in [0.15, 0.2) is 15.5 Å². The molecule has 0 radical (unpaired) electrons. The molecule has 1 amide bonds. The Labute approximate surface area is 169 Å². The fraction of sp³-hybridized carbons (Fsp3) is 0.105. The quantitative estimate of drug-likeness (QED) is 0.632. The third kappa shape index (κ3) is 3.43. The molecule has 1 aliphatic heterocycles. The van der Waals surface area contributed by atoms with Crippen LogP contribution >= 0.6 is 0 Å². The number of nitrogens with two attached hydrogens (primary N) is 1. The molecule has 1 aliphatic rings. The van der Waals surface area contributed by atoms with E-state index in [9.17, 15) is 17.6 Å². The zero-order chi connectivity index (χ0) is 21.7. The number of halogens is 2. The van der Waals surface area contributed by atoms with Crippen LogP contribution in [-0.2, 0) is 15.6 Å². The summed E-state index contributed by atoms with van der Waals surface area (Å²) in [5, 5.41) is 7.69. The van der Waals surface area contributed by atoms with Crippen molar-refractivity contribution in [2.24, 2.45) is 10.7 Å². The van der Waals surface area contributed by atoms with Gasteiger partial charge in [-0.25, -0.2) is 22.2 Å². The van der Waals surface area contributed by atoms with Crippen LogP contribution < -0.4 is 5.73 Å². The van der Waals surface area contributed by atoms with Crippen LogP contribution in [0.4, 0.5) is 8.78 Å². The number of nitrogens with zero attached hydrogens (tertiary/aromatic N) is 4. The molecule has 0 saturated heterocycles. The van der Waals surface area contributed by atoms with E-state index in [1.54, 1.807) is 0 Å². The number of amides is 1. The maximum absolute atomic E-state index is 15.9. The van der Waals surface area contributed by atoms with E-state index < -0.39 is 27.4 Å². The number of allylic oxidation sites excluding steroid dienone is 1. The summed E-state index contributed by atoms with van der Waals surface area (Å²) in [6.07, 6.45) is 5.61. The third-order valence-corrected chi connectivity index (χ3v) is 5.59. The molecule has 1 unspecified atom stereocenters. The van der Waals surface area contributed by atoms with Crippen molar-refractivity contribution in [2.45, 2.75) is 10.7 Å². The first-order valence-corrected chi connectivity index (χ1v) is 10.4. The van der Waals surface area contributed by atoms with Crippen molar-refractivity contribution < 1.29 is 22.0 Å². The number of sulfone groups is 1. The Morgan fingerprint density at radius 2 is 1.90 bits per heavy atom. The van der Waals surface area contributed by atoms with E-state index in [0.29, 0.717) is 5.56 Å². The minimum absolute atomic E-state index is 0.00178. The van der Waals surface area contributed by atoms with Gasteiger partial charge in [-0.05, 0) is 30.3 Å². The predicted molar refractivity (Wildman–Crippen MR) is 105 cm³/mol. The molecule has 152 valence electrons. The summed E-state index contributed by atoms with van der Waals surface area (Å²) in [7, 11) is -3.74. The van der Waals surface area contributed by atoms with Gasteiger partial charge in [0.05, 0.1) is 11.1 Å². The van der Waals surface area contributed by atoms with Crippen molar-refractivity contribution >= 4 is 38.4 Å². The van der Waals surface area contributed by atoms with Gasteiger partial charge < -0.3 is 5.73 Å². The van der Waals surface area contributed by atoms with Crippen LogP contribution in [-0.4, -0.2) is 42.0 Å². The lowest BCUT2D eigenvalue weighted by Crippen LogP contribution is -2.17. The maximum atomic E-state index is 15.9. The maximum Gasteiger partial charge on any atom is 0.269 e. The first-order valence-electron chi connectivity index (χ1n) is 8.46. The van der Waals surface area contributed by atoms with Crippen LogP contribution in [0.25, 0.3) is 16.5 Å². The second-order valence-corrected chi connectivity index (χ2v) is 8.71. The number of carbonyl (C=O) groups is 1. The number of aliphatic imine (C=N–C) groups is 1. The highest BCUT2D eigenvalue weighted by Crippen LogP contribution is 2.40.